The maximum atomic E-state index is 4.63. The predicted molar refractivity (Wildman–Crippen MR) is 81.5 cm³/mol. The number of nitrogens with one attached hydrogen (secondary N) is 1. The summed E-state index contributed by atoms with van der Waals surface area (Å²) in [5.41, 5.74) is 2.29. The van der Waals surface area contributed by atoms with E-state index in [1.165, 1.54) is 0 Å². The standard InChI is InChI=1S/C13H20N4S2/c1-4-14-5-13-16-12(9-19-13)7-17(3)6-11-8-18-10(2)15-11/h8-9,14H,4-7H2,1-3H3. The summed E-state index contributed by atoms with van der Waals surface area (Å²) < 4.78 is 0. The molecule has 0 saturated heterocycles. The molecule has 19 heavy (non-hydrogen) atoms. The van der Waals surface area contributed by atoms with E-state index in [0.717, 1.165) is 47.6 Å². The number of aromatic nitrogens is 2. The van der Waals surface area contributed by atoms with E-state index in [4.69, 9.17) is 0 Å². The van der Waals surface area contributed by atoms with Crippen LogP contribution in [0.25, 0.3) is 0 Å². The van der Waals surface area contributed by atoms with Crippen molar-refractivity contribution in [3.63, 3.8) is 0 Å². The van der Waals surface area contributed by atoms with Crippen LogP contribution in [0, 0.1) is 6.92 Å². The van der Waals surface area contributed by atoms with Gasteiger partial charge in [0.1, 0.15) is 5.01 Å². The Labute approximate surface area is 122 Å². The van der Waals surface area contributed by atoms with Crippen LogP contribution in [-0.4, -0.2) is 28.5 Å². The van der Waals surface area contributed by atoms with Crippen molar-refractivity contribution in [2.45, 2.75) is 33.5 Å². The van der Waals surface area contributed by atoms with Crippen molar-refractivity contribution in [3.05, 3.63) is 32.2 Å². The number of rotatable bonds is 7. The molecule has 0 radical (unpaired) electrons. The summed E-state index contributed by atoms with van der Waals surface area (Å²) in [6, 6.07) is 0. The molecule has 0 spiro atoms. The molecule has 2 rings (SSSR count). The molecule has 2 aromatic rings. The highest BCUT2D eigenvalue weighted by atomic mass is 32.1. The predicted octanol–water partition coefficient (Wildman–Crippen LogP) is 2.65. The maximum Gasteiger partial charge on any atom is 0.107 e. The third-order valence-electron chi connectivity index (χ3n) is 2.66. The Kier molecular flexibility index (Phi) is 5.45. The van der Waals surface area contributed by atoms with E-state index in [1.807, 2.05) is 6.92 Å². The molecular weight excluding hydrogens is 276 g/mol. The Hall–Kier alpha value is -0.820. The topological polar surface area (TPSA) is 41.1 Å². The van der Waals surface area contributed by atoms with Crippen LogP contribution in [0.4, 0.5) is 0 Å². The molecule has 4 nitrogen and oxygen atoms in total. The second-order valence-electron chi connectivity index (χ2n) is 4.54. The first-order valence-electron chi connectivity index (χ1n) is 6.41. The molecule has 0 aliphatic heterocycles. The first-order valence-corrected chi connectivity index (χ1v) is 8.17. The first kappa shape index (κ1) is 14.6. The van der Waals surface area contributed by atoms with E-state index in [0.29, 0.717) is 0 Å². The largest absolute Gasteiger partial charge is 0.311 e. The van der Waals surface area contributed by atoms with Crippen LogP contribution in [0.3, 0.4) is 0 Å². The van der Waals surface area contributed by atoms with Crippen molar-refractivity contribution >= 4 is 22.7 Å². The molecule has 0 amide bonds. The lowest BCUT2D eigenvalue weighted by molar-refractivity contribution is 0.312. The zero-order valence-corrected chi connectivity index (χ0v) is 13.3. The zero-order valence-electron chi connectivity index (χ0n) is 11.6. The lowest BCUT2D eigenvalue weighted by atomic mass is 10.4. The summed E-state index contributed by atoms with van der Waals surface area (Å²) >= 11 is 3.43. The van der Waals surface area contributed by atoms with Crippen molar-refractivity contribution in [2.75, 3.05) is 13.6 Å². The van der Waals surface area contributed by atoms with Gasteiger partial charge < -0.3 is 5.32 Å². The van der Waals surface area contributed by atoms with E-state index in [1.54, 1.807) is 22.7 Å². The minimum atomic E-state index is 0.871. The number of hydrogen-bond acceptors (Lipinski definition) is 6. The molecule has 0 saturated carbocycles. The number of nitrogens with zero attached hydrogens (tertiary/aromatic N) is 3. The van der Waals surface area contributed by atoms with E-state index >= 15 is 0 Å². The van der Waals surface area contributed by atoms with Crippen molar-refractivity contribution < 1.29 is 0 Å². The maximum absolute atomic E-state index is 4.63. The molecule has 104 valence electrons. The summed E-state index contributed by atoms with van der Waals surface area (Å²) in [5, 5.41) is 9.87. The van der Waals surface area contributed by atoms with Gasteiger partial charge in [-0.3, -0.25) is 4.90 Å². The van der Waals surface area contributed by atoms with Crippen molar-refractivity contribution in [1.29, 1.82) is 0 Å². The first-order chi connectivity index (χ1) is 9.17. The molecule has 0 aliphatic rings. The SMILES string of the molecule is CCNCc1nc(CN(C)Cc2csc(C)n2)cs1. The van der Waals surface area contributed by atoms with Crippen LogP contribution >= 0.6 is 22.7 Å². The van der Waals surface area contributed by atoms with E-state index in [9.17, 15) is 0 Å². The molecular formula is C13H20N4S2. The lowest BCUT2D eigenvalue weighted by Gasteiger charge is -2.13. The molecule has 0 bridgehead atoms. The summed E-state index contributed by atoms with van der Waals surface area (Å²) in [6.07, 6.45) is 0. The summed E-state index contributed by atoms with van der Waals surface area (Å²) in [6.45, 7) is 7.76. The third-order valence-corrected chi connectivity index (χ3v) is 4.38. The average Bonchev–Trinajstić information content (AvgIpc) is 2.96. The number of aryl methyl sites for hydroxylation is 1. The van der Waals surface area contributed by atoms with Gasteiger partial charge in [-0.25, -0.2) is 9.97 Å². The fourth-order valence-electron chi connectivity index (χ4n) is 1.82. The second kappa shape index (κ2) is 7.09. The van der Waals surface area contributed by atoms with Gasteiger partial charge in [0.2, 0.25) is 0 Å². The van der Waals surface area contributed by atoms with Crippen LogP contribution in [0.15, 0.2) is 10.8 Å². The molecule has 1 N–H and O–H groups in total. The Morgan fingerprint density at radius 2 is 1.84 bits per heavy atom. The van der Waals surface area contributed by atoms with Gasteiger partial charge in [0.05, 0.1) is 16.4 Å². The minimum absolute atomic E-state index is 0.871. The quantitative estimate of drug-likeness (QED) is 0.853. The van der Waals surface area contributed by atoms with Crippen molar-refractivity contribution in [1.82, 2.24) is 20.2 Å². The van der Waals surface area contributed by atoms with Crippen LogP contribution in [0.2, 0.25) is 0 Å². The zero-order chi connectivity index (χ0) is 13.7. The van der Waals surface area contributed by atoms with Gasteiger partial charge >= 0.3 is 0 Å². The van der Waals surface area contributed by atoms with Crippen LogP contribution < -0.4 is 5.32 Å². The van der Waals surface area contributed by atoms with Crippen LogP contribution in [0.5, 0.6) is 0 Å². The molecule has 0 unspecified atom stereocenters. The smallest absolute Gasteiger partial charge is 0.107 e. The molecule has 0 aromatic carbocycles. The molecule has 2 aromatic heterocycles. The second-order valence-corrected chi connectivity index (χ2v) is 6.55. The highest BCUT2D eigenvalue weighted by Gasteiger charge is 2.07. The van der Waals surface area contributed by atoms with Gasteiger partial charge in [0.15, 0.2) is 0 Å². The van der Waals surface area contributed by atoms with Gasteiger partial charge in [-0.1, -0.05) is 6.92 Å². The van der Waals surface area contributed by atoms with Crippen molar-refractivity contribution in [3.8, 4) is 0 Å². The van der Waals surface area contributed by atoms with Gasteiger partial charge in [0, 0.05) is 30.4 Å². The molecule has 0 atom stereocenters. The van der Waals surface area contributed by atoms with E-state index < -0.39 is 0 Å². The van der Waals surface area contributed by atoms with Gasteiger partial charge in [-0.15, -0.1) is 22.7 Å². The molecule has 0 fully saturated rings. The fourth-order valence-corrected chi connectivity index (χ4v) is 3.18. The van der Waals surface area contributed by atoms with Gasteiger partial charge in [-0.2, -0.15) is 0 Å². The Morgan fingerprint density at radius 3 is 2.47 bits per heavy atom. The Bertz CT molecular complexity index is 506. The highest BCUT2D eigenvalue weighted by Crippen LogP contribution is 2.14. The van der Waals surface area contributed by atoms with E-state index in [-0.39, 0.29) is 0 Å². The Morgan fingerprint density at radius 1 is 1.16 bits per heavy atom. The third kappa shape index (κ3) is 4.65. The molecule has 6 heteroatoms. The average molecular weight is 296 g/mol. The summed E-state index contributed by atoms with van der Waals surface area (Å²) in [7, 11) is 2.11. The van der Waals surface area contributed by atoms with Crippen molar-refractivity contribution in [2.24, 2.45) is 0 Å². The van der Waals surface area contributed by atoms with Gasteiger partial charge in [0.25, 0.3) is 0 Å². The summed E-state index contributed by atoms with van der Waals surface area (Å²) in [4.78, 5) is 11.4. The normalized spacial score (nSPS) is 11.4. The fraction of sp³-hybridized carbons (Fsp3) is 0.538. The summed E-state index contributed by atoms with van der Waals surface area (Å²) in [5.74, 6) is 0. The highest BCUT2D eigenvalue weighted by molar-refractivity contribution is 7.09. The van der Waals surface area contributed by atoms with Crippen LogP contribution in [0.1, 0.15) is 28.3 Å². The van der Waals surface area contributed by atoms with Gasteiger partial charge in [-0.05, 0) is 20.5 Å². The Balaban J connectivity index is 1.84. The number of thiazole rings is 2. The van der Waals surface area contributed by atoms with E-state index in [2.05, 4.69) is 44.9 Å². The lowest BCUT2D eigenvalue weighted by Crippen LogP contribution is -2.18. The monoisotopic (exact) mass is 296 g/mol. The van der Waals surface area contributed by atoms with Crippen LogP contribution in [-0.2, 0) is 19.6 Å². The minimum Gasteiger partial charge on any atom is -0.311 e. The molecule has 0 aliphatic carbocycles. The number of hydrogen-bond donors (Lipinski definition) is 1. The molecule has 2 heterocycles.